The van der Waals surface area contributed by atoms with Crippen LogP contribution in [0.4, 0.5) is 0 Å². The summed E-state index contributed by atoms with van der Waals surface area (Å²) in [6, 6.07) is 0. The van der Waals surface area contributed by atoms with Crippen molar-refractivity contribution in [1.29, 1.82) is 0 Å². The van der Waals surface area contributed by atoms with Gasteiger partial charge < -0.3 is 14.6 Å². The van der Waals surface area contributed by atoms with E-state index in [9.17, 15) is 10.2 Å². The Labute approximate surface area is 181 Å². The fourth-order valence-corrected chi connectivity index (χ4v) is 8.95. The van der Waals surface area contributed by atoms with Gasteiger partial charge in [-0.05, 0) is 84.7 Å². The average molecular weight is 425 g/mol. The summed E-state index contributed by atoms with van der Waals surface area (Å²) in [5.41, 5.74) is 0.435. The molecule has 3 nitrogen and oxygen atoms in total. The Morgan fingerprint density at radius 1 is 1.07 bits per heavy atom. The highest BCUT2D eigenvalue weighted by molar-refractivity contribution is 6.74. The van der Waals surface area contributed by atoms with Gasteiger partial charge in [-0.2, -0.15) is 0 Å². The van der Waals surface area contributed by atoms with Crippen LogP contribution in [0.2, 0.25) is 18.1 Å². The van der Waals surface area contributed by atoms with Gasteiger partial charge in [0.2, 0.25) is 0 Å². The van der Waals surface area contributed by atoms with Crippen LogP contribution >= 0.6 is 0 Å². The molecule has 0 spiro atoms. The van der Waals surface area contributed by atoms with Crippen LogP contribution in [0, 0.1) is 40.4 Å². The van der Waals surface area contributed by atoms with Gasteiger partial charge in [-0.3, -0.25) is 0 Å². The molecule has 0 saturated heterocycles. The summed E-state index contributed by atoms with van der Waals surface area (Å²) >= 11 is 0. The second-order valence-electron chi connectivity index (χ2n) is 13.1. The van der Waals surface area contributed by atoms with Gasteiger partial charge in [-0.25, -0.2) is 0 Å². The second-order valence-corrected chi connectivity index (χ2v) is 17.9. The molecule has 0 aliphatic heterocycles. The Kier molecular flexibility index (Phi) is 6.23. The molecule has 3 aliphatic carbocycles. The molecule has 0 aromatic heterocycles. The maximum absolute atomic E-state index is 10.8. The van der Waals surface area contributed by atoms with Crippen molar-refractivity contribution < 1.29 is 14.6 Å². The maximum atomic E-state index is 10.8. The lowest BCUT2D eigenvalue weighted by Crippen LogP contribution is -2.61. The van der Waals surface area contributed by atoms with Gasteiger partial charge in [0, 0.05) is 12.5 Å². The molecule has 29 heavy (non-hydrogen) atoms. The van der Waals surface area contributed by atoms with Crippen LogP contribution in [0.5, 0.6) is 0 Å². The summed E-state index contributed by atoms with van der Waals surface area (Å²) in [6.45, 7) is 21.7. The Balaban J connectivity index is 1.86. The largest absolute Gasteiger partial charge is 0.413 e. The van der Waals surface area contributed by atoms with E-state index >= 15 is 0 Å². The van der Waals surface area contributed by atoms with Crippen LogP contribution < -0.4 is 0 Å². The van der Waals surface area contributed by atoms with Crippen LogP contribution in [0.1, 0.15) is 80.6 Å². The van der Waals surface area contributed by atoms with E-state index in [1.54, 1.807) is 0 Å². The van der Waals surface area contributed by atoms with Gasteiger partial charge in [0.25, 0.3) is 0 Å². The first-order valence-electron chi connectivity index (χ1n) is 12.1. The second kappa shape index (κ2) is 7.60. The molecular weight excluding hydrogens is 376 g/mol. The van der Waals surface area contributed by atoms with E-state index in [0.717, 1.165) is 12.8 Å². The number of rotatable bonds is 3. The number of hydrogen-bond acceptors (Lipinski definition) is 3. The molecule has 8 atom stereocenters. The molecule has 0 bridgehead atoms. The molecule has 2 unspecified atom stereocenters. The third kappa shape index (κ3) is 3.79. The molecule has 3 rings (SSSR count). The van der Waals surface area contributed by atoms with Crippen LogP contribution in [-0.2, 0) is 4.43 Å². The lowest BCUT2D eigenvalue weighted by molar-refractivity contribution is -0.183. The normalized spacial score (nSPS) is 45.4. The van der Waals surface area contributed by atoms with Gasteiger partial charge in [-0.1, -0.05) is 48.5 Å². The van der Waals surface area contributed by atoms with Crippen molar-refractivity contribution >= 4 is 8.32 Å². The molecule has 3 aliphatic rings. The van der Waals surface area contributed by atoms with Crippen molar-refractivity contribution in [1.82, 2.24) is 0 Å². The summed E-state index contributed by atoms with van der Waals surface area (Å²) in [4.78, 5) is 0. The van der Waals surface area contributed by atoms with Crippen LogP contribution in [-0.4, -0.2) is 37.3 Å². The Bertz CT molecular complexity index is 595. The van der Waals surface area contributed by atoms with Crippen molar-refractivity contribution in [2.75, 3.05) is 6.61 Å². The molecular formula is C25H48O3Si. The van der Waals surface area contributed by atoms with E-state index in [4.69, 9.17) is 4.43 Å². The van der Waals surface area contributed by atoms with E-state index in [-0.39, 0.29) is 34.5 Å². The van der Waals surface area contributed by atoms with Crippen LogP contribution in [0.15, 0.2) is 0 Å². The zero-order valence-electron chi connectivity index (χ0n) is 20.6. The van der Waals surface area contributed by atoms with Crippen molar-refractivity contribution in [3.05, 3.63) is 0 Å². The lowest BCUT2D eigenvalue weighted by atomic mass is 9.42. The van der Waals surface area contributed by atoms with Crippen molar-refractivity contribution in [3.8, 4) is 0 Å². The van der Waals surface area contributed by atoms with Gasteiger partial charge in [0.15, 0.2) is 8.32 Å². The van der Waals surface area contributed by atoms with E-state index in [0.29, 0.717) is 29.8 Å². The third-order valence-electron chi connectivity index (χ3n) is 10.4. The molecule has 170 valence electrons. The standard InChI is InChI=1S/C25H48O3Si/c1-16-17-10-11-21-24(5,6)22(28-29(8,9)23(2,3)4)12-13-25(21,7)19(17)14-20(27)18(16)15-26/h16-22,26-27H,10-15H2,1-9H3/t16-,17+,18?,19+,20?,21+,22+,25-/m0/s1. The molecule has 2 N–H and O–H groups in total. The molecule has 0 heterocycles. The fourth-order valence-electron chi connectivity index (χ4n) is 7.46. The first kappa shape index (κ1) is 23.8. The summed E-state index contributed by atoms with van der Waals surface area (Å²) in [6.07, 6.45) is 5.72. The number of aliphatic hydroxyl groups is 2. The zero-order chi connectivity index (χ0) is 22.0. The molecule has 4 heteroatoms. The average Bonchev–Trinajstić information content (AvgIpc) is 2.57. The Morgan fingerprint density at radius 2 is 1.69 bits per heavy atom. The summed E-state index contributed by atoms with van der Waals surface area (Å²) in [5.74, 6) is 2.33. The highest BCUT2D eigenvalue weighted by Crippen LogP contribution is 2.65. The van der Waals surface area contributed by atoms with Gasteiger partial charge in [-0.15, -0.1) is 0 Å². The molecule has 0 radical (unpaired) electrons. The summed E-state index contributed by atoms with van der Waals surface area (Å²) < 4.78 is 7.02. The van der Waals surface area contributed by atoms with Gasteiger partial charge in [0.1, 0.15) is 0 Å². The molecule has 0 aromatic carbocycles. The lowest BCUT2D eigenvalue weighted by Gasteiger charge is -2.65. The van der Waals surface area contributed by atoms with Crippen molar-refractivity contribution in [3.63, 3.8) is 0 Å². The van der Waals surface area contributed by atoms with Crippen molar-refractivity contribution in [2.45, 2.75) is 111 Å². The Morgan fingerprint density at radius 3 is 2.24 bits per heavy atom. The first-order valence-corrected chi connectivity index (χ1v) is 15.0. The minimum Gasteiger partial charge on any atom is -0.413 e. The SMILES string of the molecule is C[C@@H]1C(CO)C(O)C[C@@H]2[C@@H]1CC[C@@H]1C(C)(C)[C@H](O[Si](C)(C)C(C)(C)C)CC[C@@]21C. The highest BCUT2D eigenvalue weighted by Gasteiger charge is 2.61. The third-order valence-corrected chi connectivity index (χ3v) is 14.9. The number of aliphatic hydroxyl groups excluding tert-OH is 2. The zero-order valence-corrected chi connectivity index (χ0v) is 21.6. The van der Waals surface area contributed by atoms with Crippen LogP contribution in [0.3, 0.4) is 0 Å². The molecule has 0 amide bonds. The van der Waals surface area contributed by atoms with Crippen molar-refractivity contribution in [2.24, 2.45) is 40.4 Å². The summed E-state index contributed by atoms with van der Waals surface area (Å²) in [5, 5.41) is 20.9. The van der Waals surface area contributed by atoms with Gasteiger partial charge >= 0.3 is 0 Å². The minimum atomic E-state index is -1.80. The molecule has 0 aromatic rings. The van der Waals surface area contributed by atoms with E-state index in [2.05, 4.69) is 61.6 Å². The topological polar surface area (TPSA) is 49.7 Å². The Hall–Kier alpha value is 0.0969. The molecule has 3 saturated carbocycles. The number of hydrogen-bond donors (Lipinski definition) is 2. The smallest absolute Gasteiger partial charge is 0.192 e. The maximum Gasteiger partial charge on any atom is 0.192 e. The minimum absolute atomic E-state index is 0.0580. The van der Waals surface area contributed by atoms with E-state index in [1.807, 2.05) is 0 Å². The first-order chi connectivity index (χ1) is 13.2. The van der Waals surface area contributed by atoms with Gasteiger partial charge in [0.05, 0.1) is 12.2 Å². The van der Waals surface area contributed by atoms with E-state index in [1.165, 1.54) is 19.3 Å². The van der Waals surface area contributed by atoms with E-state index < -0.39 is 8.32 Å². The fraction of sp³-hybridized carbons (Fsp3) is 1.00. The monoisotopic (exact) mass is 424 g/mol. The quantitative estimate of drug-likeness (QED) is 0.558. The van der Waals surface area contributed by atoms with Crippen LogP contribution in [0.25, 0.3) is 0 Å². The highest BCUT2D eigenvalue weighted by atomic mass is 28.4. The number of fused-ring (bicyclic) bond motifs is 3. The summed E-state index contributed by atoms with van der Waals surface area (Å²) in [7, 11) is -1.80. The predicted octanol–water partition coefficient (Wildman–Crippen LogP) is 5.85. The predicted molar refractivity (Wildman–Crippen MR) is 123 cm³/mol. The molecule has 3 fully saturated rings.